The fourth-order valence-corrected chi connectivity index (χ4v) is 4.51. The Morgan fingerprint density at radius 3 is 2.61 bits per heavy atom. The number of carbonyl (C=O) groups excluding carboxylic acids is 1. The molecular formula is C25H26F3N7O. The molecule has 1 aliphatic rings. The van der Waals surface area contributed by atoms with Crippen LogP contribution in [0, 0.1) is 5.92 Å². The molecule has 0 spiro atoms. The molecule has 1 aromatic carbocycles. The van der Waals surface area contributed by atoms with Crippen molar-refractivity contribution < 1.29 is 18.0 Å². The molecule has 2 atom stereocenters. The average molecular weight is 498 g/mol. The molecule has 188 valence electrons. The first-order chi connectivity index (χ1) is 17.1. The van der Waals surface area contributed by atoms with Gasteiger partial charge in [0.2, 0.25) is 5.91 Å². The smallest absolute Gasteiger partial charge is 0.326 e. The number of rotatable bonds is 5. The van der Waals surface area contributed by atoms with Crippen LogP contribution in [0.5, 0.6) is 0 Å². The van der Waals surface area contributed by atoms with Gasteiger partial charge in [0.25, 0.3) is 0 Å². The van der Waals surface area contributed by atoms with Crippen LogP contribution in [0.3, 0.4) is 0 Å². The number of amides is 1. The van der Waals surface area contributed by atoms with Gasteiger partial charge in [0, 0.05) is 42.3 Å². The summed E-state index contributed by atoms with van der Waals surface area (Å²) in [5, 5.41) is 12.0. The molecule has 3 N–H and O–H groups in total. The van der Waals surface area contributed by atoms with Gasteiger partial charge in [-0.2, -0.15) is 13.2 Å². The number of benzene rings is 1. The Morgan fingerprint density at radius 1 is 1.14 bits per heavy atom. The van der Waals surface area contributed by atoms with Crippen LogP contribution in [-0.2, 0) is 4.79 Å². The van der Waals surface area contributed by atoms with E-state index in [-0.39, 0.29) is 36.5 Å². The van der Waals surface area contributed by atoms with Crippen LogP contribution in [0.25, 0.3) is 28.1 Å². The van der Waals surface area contributed by atoms with Gasteiger partial charge >= 0.3 is 6.18 Å². The summed E-state index contributed by atoms with van der Waals surface area (Å²) in [4.78, 5) is 18.1. The van der Waals surface area contributed by atoms with Crippen molar-refractivity contribution in [3.05, 3.63) is 54.2 Å². The van der Waals surface area contributed by atoms with Crippen molar-refractivity contribution in [2.75, 3.05) is 18.4 Å². The van der Waals surface area contributed by atoms with Gasteiger partial charge in [0.05, 0.1) is 5.52 Å². The summed E-state index contributed by atoms with van der Waals surface area (Å²) in [6.07, 6.45) is -2.52. The number of fused-ring (bicyclic) bond motifs is 2. The highest BCUT2D eigenvalue weighted by Gasteiger charge is 2.46. The van der Waals surface area contributed by atoms with Gasteiger partial charge in [0.1, 0.15) is 11.7 Å². The summed E-state index contributed by atoms with van der Waals surface area (Å²) in [6, 6.07) is 9.90. The van der Waals surface area contributed by atoms with Gasteiger partial charge in [-0.25, -0.2) is 4.98 Å². The van der Waals surface area contributed by atoms with Crippen molar-refractivity contribution in [2.45, 2.75) is 38.5 Å². The SMILES string of the molecule is CC(C)C(=O)Nc1ccc2ccc(-c3nnc4ccc([C@@H](N5CC[C@H](N)C5)C(F)(F)F)cn34)nc2c1. The predicted octanol–water partition coefficient (Wildman–Crippen LogP) is 4.18. The number of anilines is 1. The number of halogens is 3. The van der Waals surface area contributed by atoms with Gasteiger partial charge in [0.15, 0.2) is 11.5 Å². The number of likely N-dealkylation sites (tertiary alicyclic amines) is 1. The molecule has 0 bridgehead atoms. The molecule has 1 fully saturated rings. The monoisotopic (exact) mass is 497 g/mol. The van der Waals surface area contributed by atoms with Gasteiger partial charge in [-0.3, -0.25) is 14.1 Å². The molecule has 0 aliphatic carbocycles. The highest BCUT2D eigenvalue weighted by molar-refractivity contribution is 5.94. The maximum Gasteiger partial charge on any atom is 0.408 e. The Bertz CT molecular complexity index is 1430. The van der Waals surface area contributed by atoms with Crippen molar-refractivity contribution in [1.29, 1.82) is 0 Å². The lowest BCUT2D eigenvalue weighted by molar-refractivity contribution is -0.183. The van der Waals surface area contributed by atoms with Crippen LogP contribution in [-0.4, -0.2) is 55.7 Å². The Morgan fingerprint density at radius 2 is 1.92 bits per heavy atom. The van der Waals surface area contributed by atoms with Crippen LogP contribution in [0.4, 0.5) is 18.9 Å². The highest BCUT2D eigenvalue weighted by atomic mass is 19.4. The van der Waals surface area contributed by atoms with E-state index in [2.05, 4.69) is 20.5 Å². The zero-order valence-electron chi connectivity index (χ0n) is 19.8. The van der Waals surface area contributed by atoms with E-state index in [1.54, 1.807) is 32.0 Å². The van der Waals surface area contributed by atoms with E-state index in [0.717, 1.165) is 5.39 Å². The lowest BCUT2D eigenvalue weighted by Crippen LogP contribution is -2.38. The first-order valence-electron chi connectivity index (χ1n) is 11.7. The number of nitrogens with two attached hydrogens (primary N) is 1. The summed E-state index contributed by atoms with van der Waals surface area (Å²) in [6.45, 7) is 4.07. The molecule has 36 heavy (non-hydrogen) atoms. The summed E-state index contributed by atoms with van der Waals surface area (Å²) in [7, 11) is 0. The molecule has 11 heteroatoms. The van der Waals surface area contributed by atoms with Gasteiger partial charge < -0.3 is 11.1 Å². The van der Waals surface area contributed by atoms with Crippen LogP contribution in [0.2, 0.25) is 0 Å². The lowest BCUT2D eigenvalue weighted by Gasteiger charge is -2.30. The zero-order chi connectivity index (χ0) is 25.6. The van der Waals surface area contributed by atoms with E-state index in [1.165, 1.54) is 27.6 Å². The molecule has 1 saturated heterocycles. The Kier molecular flexibility index (Phi) is 6.13. The molecule has 0 saturated carbocycles. The maximum atomic E-state index is 14.1. The topological polar surface area (TPSA) is 101 Å². The molecule has 1 aliphatic heterocycles. The number of nitrogens with zero attached hydrogens (tertiary/aromatic N) is 5. The number of hydrogen-bond donors (Lipinski definition) is 2. The molecular weight excluding hydrogens is 471 g/mol. The molecule has 1 amide bonds. The largest absolute Gasteiger partial charge is 0.408 e. The van der Waals surface area contributed by atoms with Gasteiger partial charge in [-0.1, -0.05) is 32.0 Å². The van der Waals surface area contributed by atoms with E-state index in [1.807, 2.05) is 12.1 Å². The second-order valence-corrected chi connectivity index (χ2v) is 9.45. The number of hydrogen-bond acceptors (Lipinski definition) is 6. The number of carbonyl (C=O) groups is 1. The molecule has 4 aromatic rings. The molecule has 4 heterocycles. The predicted molar refractivity (Wildman–Crippen MR) is 130 cm³/mol. The van der Waals surface area contributed by atoms with Gasteiger partial charge in [-0.05, 0) is 36.2 Å². The van der Waals surface area contributed by atoms with Crippen molar-refractivity contribution in [1.82, 2.24) is 24.5 Å². The number of pyridine rings is 2. The van der Waals surface area contributed by atoms with Gasteiger partial charge in [-0.15, -0.1) is 10.2 Å². The van der Waals surface area contributed by atoms with Crippen molar-refractivity contribution in [3.63, 3.8) is 0 Å². The summed E-state index contributed by atoms with van der Waals surface area (Å²) in [5.41, 5.74) is 8.06. The lowest BCUT2D eigenvalue weighted by atomic mass is 10.1. The standard InChI is InChI=1S/C25H26F3N7O/c1-14(2)24(36)30-18-6-3-15-4-7-19(31-20(15)11-18)23-33-32-21-8-5-16(12-35(21)23)22(25(26,27)28)34-10-9-17(29)13-34/h3-8,11-12,14,17,22H,9-10,13,29H2,1-2H3,(H,30,36)/t17-,22+/m0/s1. The minimum atomic E-state index is -4.47. The summed E-state index contributed by atoms with van der Waals surface area (Å²) < 4.78 is 43.9. The minimum Gasteiger partial charge on any atom is -0.326 e. The van der Waals surface area contributed by atoms with Crippen LogP contribution < -0.4 is 11.1 Å². The quantitative estimate of drug-likeness (QED) is 0.429. The van der Waals surface area contributed by atoms with E-state index in [9.17, 15) is 18.0 Å². The van der Waals surface area contributed by atoms with E-state index < -0.39 is 12.2 Å². The fourth-order valence-electron chi connectivity index (χ4n) is 4.51. The van der Waals surface area contributed by atoms with E-state index in [0.29, 0.717) is 34.8 Å². The number of alkyl halides is 3. The third-order valence-electron chi connectivity index (χ3n) is 6.39. The van der Waals surface area contributed by atoms with E-state index >= 15 is 0 Å². The third kappa shape index (κ3) is 4.63. The number of aromatic nitrogens is 4. The summed E-state index contributed by atoms with van der Waals surface area (Å²) in [5.74, 6) is 0.0393. The molecule has 8 nitrogen and oxygen atoms in total. The van der Waals surface area contributed by atoms with Crippen molar-refractivity contribution in [3.8, 4) is 11.5 Å². The van der Waals surface area contributed by atoms with Crippen molar-refractivity contribution in [2.24, 2.45) is 11.7 Å². The fraction of sp³-hybridized carbons (Fsp3) is 0.360. The molecule has 0 unspecified atom stereocenters. The van der Waals surface area contributed by atoms with Crippen LogP contribution in [0.1, 0.15) is 31.9 Å². The average Bonchev–Trinajstić information content (AvgIpc) is 3.43. The minimum absolute atomic E-state index is 0.0876. The molecule has 5 rings (SSSR count). The Balaban J connectivity index is 1.54. The summed E-state index contributed by atoms with van der Waals surface area (Å²) >= 11 is 0. The second kappa shape index (κ2) is 9.14. The molecule has 3 aromatic heterocycles. The maximum absolute atomic E-state index is 14.1. The first kappa shape index (κ1) is 24.1. The van der Waals surface area contributed by atoms with Crippen molar-refractivity contribution >= 4 is 28.1 Å². The number of nitrogens with one attached hydrogen (secondary N) is 1. The second-order valence-electron chi connectivity index (χ2n) is 9.45. The normalized spacial score (nSPS) is 17.8. The zero-order valence-corrected chi connectivity index (χ0v) is 19.8. The molecule has 0 radical (unpaired) electrons. The van der Waals surface area contributed by atoms with E-state index in [4.69, 9.17) is 5.73 Å². The third-order valence-corrected chi connectivity index (χ3v) is 6.39. The highest BCUT2D eigenvalue weighted by Crippen LogP contribution is 2.39. The Hall–Kier alpha value is -3.57. The first-order valence-corrected chi connectivity index (χ1v) is 11.7. The Labute approximate surface area is 205 Å². The van der Waals surface area contributed by atoms with Crippen LogP contribution >= 0.6 is 0 Å². The van der Waals surface area contributed by atoms with Crippen LogP contribution in [0.15, 0.2) is 48.7 Å².